The first-order valence-corrected chi connectivity index (χ1v) is 8.09. The summed E-state index contributed by atoms with van der Waals surface area (Å²) in [6.07, 6.45) is 0.433. The van der Waals surface area contributed by atoms with Gasteiger partial charge < -0.3 is 20.5 Å². The lowest BCUT2D eigenvalue weighted by Gasteiger charge is -2.10. The van der Waals surface area contributed by atoms with Crippen molar-refractivity contribution in [2.24, 2.45) is 0 Å². The molecule has 0 spiro atoms. The van der Waals surface area contributed by atoms with Crippen molar-refractivity contribution in [2.45, 2.75) is 6.42 Å². The number of nitrogens with one attached hydrogen (secondary N) is 1. The number of anilines is 3. The highest BCUT2D eigenvalue weighted by molar-refractivity contribution is 5.55. The average molecular weight is 362 g/mol. The van der Waals surface area contributed by atoms with E-state index in [9.17, 15) is 0 Å². The SMILES string of the molecule is COc1cc(Cc2nc(N)nc(Nc3ccc(C#N)cc3)n2)cc(OC)c1. The van der Waals surface area contributed by atoms with E-state index in [1.807, 2.05) is 12.1 Å². The van der Waals surface area contributed by atoms with Crippen molar-refractivity contribution >= 4 is 17.6 Å². The Hall–Kier alpha value is -3.86. The van der Waals surface area contributed by atoms with Gasteiger partial charge in [0, 0.05) is 18.2 Å². The van der Waals surface area contributed by atoms with Crippen molar-refractivity contribution in [1.82, 2.24) is 15.0 Å². The Morgan fingerprint density at radius 1 is 1.00 bits per heavy atom. The third-order valence-electron chi connectivity index (χ3n) is 3.74. The third-order valence-corrected chi connectivity index (χ3v) is 3.74. The predicted octanol–water partition coefficient (Wildman–Crippen LogP) is 2.68. The van der Waals surface area contributed by atoms with E-state index in [4.69, 9.17) is 20.5 Å². The highest BCUT2D eigenvalue weighted by Crippen LogP contribution is 2.24. The Labute approximate surface area is 156 Å². The molecule has 2 aromatic carbocycles. The number of nitrogens with two attached hydrogens (primary N) is 1. The molecule has 8 nitrogen and oxygen atoms in total. The number of ether oxygens (including phenoxy) is 2. The van der Waals surface area contributed by atoms with Crippen molar-refractivity contribution in [1.29, 1.82) is 5.26 Å². The van der Waals surface area contributed by atoms with E-state index in [-0.39, 0.29) is 5.95 Å². The van der Waals surface area contributed by atoms with Gasteiger partial charge in [-0.2, -0.15) is 20.2 Å². The van der Waals surface area contributed by atoms with Crippen LogP contribution in [0.25, 0.3) is 0 Å². The second-order valence-corrected chi connectivity index (χ2v) is 5.65. The molecule has 3 rings (SSSR count). The van der Waals surface area contributed by atoms with Crippen LogP contribution in [0.2, 0.25) is 0 Å². The molecule has 3 aromatic rings. The number of nitriles is 1. The summed E-state index contributed by atoms with van der Waals surface area (Å²) in [6.45, 7) is 0. The molecule has 0 atom stereocenters. The van der Waals surface area contributed by atoms with Gasteiger partial charge in [-0.3, -0.25) is 0 Å². The first kappa shape index (κ1) is 17.9. The van der Waals surface area contributed by atoms with Gasteiger partial charge in [-0.1, -0.05) is 0 Å². The van der Waals surface area contributed by atoms with Crippen LogP contribution in [-0.2, 0) is 6.42 Å². The fourth-order valence-electron chi connectivity index (χ4n) is 2.48. The van der Waals surface area contributed by atoms with Crippen LogP contribution in [0.4, 0.5) is 17.6 Å². The van der Waals surface area contributed by atoms with Crippen LogP contribution in [0.5, 0.6) is 11.5 Å². The summed E-state index contributed by atoms with van der Waals surface area (Å²) < 4.78 is 10.6. The molecule has 0 aliphatic carbocycles. The van der Waals surface area contributed by atoms with Gasteiger partial charge in [0.2, 0.25) is 11.9 Å². The van der Waals surface area contributed by atoms with Crippen molar-refractivity contribution in [2.75, 3.05) is 25.3 Å². The summed E-state index contributed by atoms with van der Waals surface area (Å²) in [7, 11) is 3.19. The Morgan fingerprint density at radius 3 is 2.26 bits per heavy atom. The molecule has 3 N–H and O–H groups in total. The van der Waals surface area contributed by atoms with Gasteiger partial charge in [-0.05, 0) is 42.0 Å². The maximum atomic E-state index is 8.87. The van der Waals surface area contributed by atoms with E-state index in [1.165, 1.54) is 0 Å². The van der Waals surface area contributed by atoms with E-state index in [1.54, 1.807) is 44.6 Å². The minimum absolute atomic E-state index is 0.117. The summed E-state index contributed by atoms with van der Waals surface area (Å²) in [5.74, 6) is 2.32. The number of methoxy groups -OCH3 is 2. The molecule has 0 aliphatic rings. The van der Waals surface area contributed by atoms with Crippen LogP contribution < -0.4 is 20.5 Å². The van der Waals surface area contributed by atoms with Gasteiger partial charge in [0.1, 0.15) is 17.3 Å². The third kappa shape index (κ3) is 4.61. The summed E-state index contributed by atoms with van der Waals surface area (Å²) in [4.78, 5) is 12.7. The quantitative estimate of drug-likeness (QED) is 0.687. The first-order valence-electron chi connectivity index (χ1n) is 8.09. The Kier molecular flexibility index (Phi) is 5.33. The summed E-state index contributed by atoms with van der Waals surface area (Å²) in [5.41, 5.74) is 8.06. The van der Waals surface area contributed by atoms with E-state index >= 15 is 0 Å². The standard InChI is InChI=1S/C19H18N6O2/c1-26-15-7-13(8-16(10-15)27-2)9-17-23-18(21)25-19(24-17)22-14-5-3-12(11-20)4-6-14/h3-8,10H,9H2,1-2H3,(H3,21,22,23,24,25). The number of nitrogen functional groups attached to an aromatic ring is 1. The van der Waals surface area contributed by atoms with Crippen molar-refractivity contribution in [3.63, 3.8) is 0 Å². The van der Waals surface area contributed by atoms with E-state index < -0.39 is 0 Å². The molecular formula is C19H18N6O2. The predicted molar refractivity (Wildman–Crippen MR) is 101 cm³/mol. The number of nitrogens with zero attached hydrogens (tertiary/aromatic N) is 4. The van der Waals surface area contributed by atoms with Gasteiger partial charge in [0.25, 0.3) is 0 Å². The van der Waals surface area contributed by atoms with Gasteiger partial charge in [0.05, 0.1) is 25.9 Å². The summed E-state index contributed by atoms with van der Waals surface area (Å²) in [6, 6.07) is 14.6. The van der Waals surface area contributed by atoms with Crippen molar-refractivity contribution in [3.8, 4) is 17.6 Å². The van der Waals surface area contributed by atoms with E-state index in [0.717, 1.165) is 11.3 Å². The highest BCUT2D eigenvalue weighted by atomic mass is 16.5. The zero-order chi connectivity index (χ0) is 19.2. The molecule has 0 radical (unpaired) electrons. The van der Waals surface area contributed by atoms with Crippen LogP contribution >= 0.6 is 0 Å². The van der Waals surface area contributed by atoms with Gasteiger partial charge in [-0.15, -0.1) is 0 Å². The zero-order valence-electron chi connectivity index (χ0n) is 14.9. The molecule has 0 unspecified atom stereocenters. The van der Waals surface area contributed by atoms with Gasteiger partial charge in [0.15, 0.2) is 0 Å². The van der Waals surface area contributed by atoms with Crippen molar-refractivity contribution in [3.05, 3.63) is 59.4 Å². The molecular weight excluding hydrogens is 344 g/mol. The van der Waals surface area contributed by atoms with Crippen LogP contribution in [-0.4, -0.2) is 29.2 Å². The number of aromatic nitrogens is 3. The fraction of sp³-hybridized carbons (Fsp3) is 0.158. The monoisotopic (exact) mass is 362 g/mol. The summed E-state index contributed by atoms with van der Waals surface area (Å²) >= 11 is 0. The second kappa shape index (κ2) is 8.01. The van der Waals surface area contributed by atoms with Crippen molar-refractivity contribution < 1.29 is 9.47 Å². The Bertz CT molecular complexity index is 960. The first-order chi connectivity index (χ1) is 13.1. The fourth-order valence-corrected chi connectivity index (χ4v) is 2.48. The van der Waals surface area contributed by atoms with Crippen LogP contribution in [0.15, 0.2) is 42.5 Å². The highest BCUT2D eigenvalue weighted by Gasteiger charge is 2.09. The van der Waals surface area contributed by atoms with E-state index in [2.05, 4.69) is 26.3 Å². The maximum Gasteiger partial charge on any atom is 0.232 e. The largest absolute Gasteiger partial charge is 0.497 e. The summed E-state index contributed by atoms with van der Waals surface area (Å²) in [5, 5.41) is 11.9. The lowest BCUT2D eigenvalue weighted by molar-refractivity contribution is 0.393. The van der Waals surface area contributed by atoms with Gasteiger partial charge >= 0.3 is 0 Å². The molecule has 1 heterocycles. The molecule has 0 aliphatic heterocycles. The molecule has 0 saturated heterocycles. The number of hydrogen-bond donors (Lipinski definition) is 2. The molecule has 136 valence electrons. The van der Waals surface area contributed by atoms with Gasteiger partial charge in [-0.25, -0.2) is 0 Å². The number of hydrogen-bond acceptors (Lipinski definition) is 8. The minimum atomic E-state index is 0.117. The maximum absolute atomic E-state index is 8.87. The zero-order valence-corrected chi connectivity index (χ0v) is 14.9. The normalized spacial score (nSPS) is 10.1. The second-order valence-electron chi connectivity index (χ2n) is 5.65. The van der Waals surface area contributed by atoms with Crippen LogP contribution in [0.3, 0.4) is 0 Å². The van der Waals surface area contributed by atoms with Crippen LogP contribution in [0.1, 0.15) is 17.0 Å². The lowest BCUT2D eigenvalue weighted by Crippen LogP contribution is -2.07. The smallest absolute Gasteiger partial charge is 0.232 e. The molecule has 8 heteroatoms. The molecule has 0 amide bonds. The lowest BCUT2D eigenvalue weighted by atomic mass is 10.1. The van der Waals surface area contributed by atoms with E-state index in [0.29, 0.717) is 35.3 Å². The molecule has 0 bridgehead atoms. The molecule has 0 fully saturated rings. The molecule has 0 saturated carbocycles. The molecule has 1 aromatic heterocycles. The number of benzene rings is 2. The number of rotatable bonds is 6. The average Bonchev–Trinajstić information content (AvgIpc) is 2.67. The Balaban J connectivity index is 1.84. The topological polar surface area (TPSA) is 119 Å². The molecule has 27 heavy (non-hydrogen) atoms. The minimum Gasteiger partial charge on any atom is -0.497 e. The van der Waals surface area contributed by atoms with Crippen LogP contribution in [0, 0.1) is 11.3 Å². The Morgan fingerprint density at radius 2 is 1.67 bits per heavy atom.